The summed E-state index contributed by atoms with van der Waals surface area (Å²) in [6, 6.07) is 18.7. The Balaban J connectivity index is 1.71. The molecular formula is C32H38ClN3O6S. The van der Waals surface area contributed by atoms with Crippen molar-refractivity contribution >= 4 is 39.1 Å². The normalized spacial score (nSPS) is 14.1. The van der Waals surface area contributed by atoms with Crippen LogP contribution in [0.15, 0.2) is 77.7 Å². The van der Waals surface area contributed by atoms with E-state index >= 15 is 0 Å². The molecule has 1 atom stereocenters. The van der Waals surface area contributed by atoms with Gasteiger partial charge < -0.3 is 19.7 Å². The predicted octanol–water partition coefficient (Wildman–Crippen LogP) is 5.42. The Labute approximate surface area is 258 Å². The van der Waals surface area contributed by atoms with Gasteiger partial charge in [-0.1, -0.05) is 43.5 Å². The summed E-state index contributed by atoms with van der Waals surface area (Å²) < 4.78 is 39.6. The number of anilines is 1. The molecule has 9 nitrogen and oxygen atoms in total. The largest absolute Gasteiger partial charge is 0.497 e. The van der Waals surface area contributed by atoms with Crippen LogP contribution in [-0.4, -0.2) is 58.0 Å². The first-order chi connectivity index (χ1) is 20.7. The molecule has 1 N–H and O–H groups in total. The SMILES string of the molecule is CC[C@H](C(=O)NC1CCCC1)N(Cc1cccc(OC)c1)C(=O)CN(c1ccc(Cl)cc1)S(=O)(=O)c1ccc(OC)cc1. The number of sulfonamides is 1. The Hall–Kier alpha value is -3.76. The molecule has 4 rings (SSSR count). The van der Waals surface area contributed by atoms with E-state index in [4.69, 9.17) is 21.1 Å². The summed E-state index contributed by atoms with van der Waals surface area (Å²) in [6.45, 7) is 1.40. The van der Waals surface area contributed by atoms with Gasteiger partial charge in [0.05, 0.1) is 24.8 Å². The molecule has 0 unspecified atom stereocenters. The number of hydrogen-bond donors (Lipinski definition) is 1. The van der Waals surface area contributed by atoms with Crippen LogP contribution in [0.2, 0.25) is 5.02 Å². The number of amides is 2. The second-order valence-electron chi connectivity index (χ2n) is 10.5. The van der Waals surface area contributed by atoms with Crippen molar-refractivity contribution in [2.45, 2.75) is 62.6 Å². The quantitative estimate of drug-likeness (QED) is 0.271. The molecule has 2 amide bonds. The molecule has 1 fully saturated rings. The van der Waals surface area contributed by atoms with Crippen molar-refractivity contribution in [3.63, 3.8) is 0 Å². The number of methoxy groups -OCH3 is 2. The lowest BCUT2D eigenvalue weighted by Crippen LogP contribution is -2.53. The summed E-state index contributed by atoms with van der Waals surface area (Å²) in [7, 11) is -1.16. The number of nitrogens with zero attached hydrogens (tertiary/aromatic N) is 2. The molecule has 0 saturated heterocycles. The van der Waals surface area contributed by atoms with E-state index in [1.807, 2.05) is 19.1 Å². The van der Waals surface area contributed by atoms with Crippen molar-refractivity contribution in [1.29, 1.82) is 0 Å². The summed E-state index contributed by atoms with van der Waals surface area (Å²) in [5.74, 6) is 0.333. The van der Waals surface area contributed by atoms with E-state index in [9.17, 15) is 18.0 Å². The second-order valence-corrected chi connectivity index (χ2v) is 12.7. The van der Waals surface area contributed by atoms with Gasteiger partial charge in [0, 0.05) is 17.6 Å². The summed E-state index contributed by atoms with van der Waals surface area (Å²) in [4.78, 5) is 29.3. The lowest BCUT2D eigenvalue weighted by molar-refractivity contribution is -0.140. The minimum atomic E-state index is -4.21. The molecule has 1 saturated carbocycles. The van der Waals surface area contributed by atoms with E-state index in [-0.39, 0.29) is 29.1 Å². The molecule has 11 heteroatoms. The average molecular weight is 628 g/mol. The third kappa shape index (κ3) is 8.00. The summed E-state index contributed by atoms with van der Waals surface area (Å²) in [5, 5.41) is 3.54. The Kier molecular flexibility index (Phi) is 10.9. The zero-order chi connectivity index (χ0) is 31.0. The molecule has 0 aliphatic heterocycles. The molecule has 0 heterocycles. The molecule has 1 aliphatic carbocycles. The lowest BCUT2D eigenvalue weighted by Gasteiger charge is -2.34. The maximum absolute atomic E-state index is 14.2. The number of rotatable bonds is 13. The first kappa shape index (κ1) is 32.2. The van der Waals surface area contributed by atoms with Gasteiger partial charge in [0.2, 0.25) is 11.8 Å². The summed E-state index contributed by atoms with van der Waals surface area (Å²) >= 11 is 6.11. The highest BCUT2D eigenvalue weighted by Gasteiger charge is 2.34. The third-order valence-corrected chi connectivity index (χ3v) is 9.66. The standard InChI is InChI=1S/C32H38ClN3O6S/c1-4-30(32(38)34-25-9-5-6-10-25)35(21-23-8-7-11-28(20-23)42-3)31(37)22-36(26-14-12-24(33)13-15-26)43(39,40)29-18-16-27(41-2)17-19-29/h7-8,11-20,25,30H,4-6,9-10,21-22H2,1-3H3,(H,34,38)/t30-/m1/s1. The molecule has 3 aromatic rings. The fourth-order valence-electron chi connectivity index (χ4n) is 5.27. The van der Waals surface area contributed by atoms with Gasteiger partial charge in [-0.2, -0.15) is 0 Å². The van der Waals surface area contributed by atoms with Crippen LogP contribution in [0.4, 0.5) is 5.69 Å². The van der Waals surface area contributed by atoms with Crippen LogP contribution in [0.3, 0.4) is 0 Å². The number of carbonyl (C=O) groups excluding carboxylic acids is 2. The Morgan fingerprint density at radius 1 is 0.953 bits per heavy atom. The predicted molar refractivity (Wildman–Crippen MR) is 167 cm³/mol. The Morgan fingerprint density at radius 3 is 2.21 bits per heavy atom. The molecule has 230 valence electrons. The maximum Gasteiger partial charge on any atom is 0.264 e. The van der Waals surface area contributed by atoms with Crippen LogP contribution >= 0.6 is 11.6 Å². The maximum atomic E-state index is 14.2. The highest BCUT2D eigenvalue weighted by Crippen LogP contribution is 2.28. The van der Waals surface area contributed by atoms with Crippen molar-refractivity contribution in [2.75, 3.05) is 25.1 Å². The molecule has 0 bridgehead atoms. The summed E-state index contributed by atoms with van der Waals surface area (Å²) in [6.07, 6.45) is 4.24. The fourth-order valence-corrected chi connectivity index (χ4v) is 6.81. The number of halogens is 1. The van der Waals surface area contributed by atoms with Crippen molar-refractivity contribution < 1.29 is 27.5 Å². The van der Waals surface area contributed by atoms with Crippen LogP contribution in [0, 0.1) is 0 Å². The van der Waals surface area contributed by atoms with Crippen LogP contribution in [0.5, 0.6) is 11.5 Å². The van der Waals surface area contributed by atoms with E-state index in [1.54, 1.807) is 55.6 Å². The number of ether oxygens (including phenoxy) is 2. The molecule has 0 spiro atoms. The number of nitrogens with one attached hydrogen (secondary N) is 1. The van der Waals surface area contributed by atoms with Gasteiger partial charge in [0.15, 0.2) is 0 Å². The number of benzene rings is 3. The van der Waals surface area contributed by atoms with Gasteiger partial charge >= 0.3 is 0 Å². The van der Waals surface area contributed by atoms with Crippen LogP contribution in [-0.2, 0) is 26.2 Å². The smallest absolute Gasteiger partial charge is 0.264 e. The monoisotopic (exact) mass is 627 g/mol. The van der Waals surface area contributed by atoms with Crippen molar-refractivity contribution in [1.82, 2.24) is 10.2 Å². The minimum Gasteiger partial charge on any atom is -0.497 e. The zero-order valence-electron chi connectivity index (χ0n) is 24.7. The van der Waals surface area contributed by atoms with Gasteiger partial charge in [0.25, 0.3) is 10.0 Å². The lowest BCUT2D eigenvalue weighted by atomic mass is 10.1. The highest BCUT2D eigenvalue weighted by atomic mass is 35.5. The van der Waals surface area contributed by atoms with Gasteiger partial charge in [-0.05, 0) is 85.5 Å². The molecule has 1 aliphatic rings. The van der Waals surface area contributed by atoms with Gasteiger partial charge in [-0.15, -0.1) is 0 Å². The number of hydrogen-bond acceptors (Lipinski definition) is 6. The van der Waals surface area contributed by atoms with Crippen molar-refractivity contribution in [3.8, 4) is 11.5 Å². The second kappa shape index (κ2) is 14.6. The average Bonchev–Trinajstić information content (AvgIpc) is 3.53. The van der Waals surface area contributed by atoms with E-state index < -0.39 is 28.5 Å². The molecule has 0 aromatic heterocycles. The summed E-state index contributed by atoms with van der Waals surface area (Å²) in [5.41, 5.74) is 1.01. The first-order valence-electron chi connectivity index (χ1n) is 14.3. The molecular weight excluding hydrogens is 590 g/mol. The molecule has 43 heavy (non-hydrogen) atoms. The van der Waals surface area contributed by atoms with E-state index in [2.05, 4.69) is 5.32 Å². The van der Waals surface area contributed by atoms with Crippen LogP contribution in [0.25, 0.3) is 0 Å². The molecule has 3 aromatic carbocycles. The van der Waals surface area contributed by atoms with E-state index in [0.29, 0.717) is 22.9 Å². The highest BCUT2D eigenvalue weighted by molar-refractivity contribution is 7.92. The van der Waals surface area contributed by atoms with E-state index in [1.165, 1.54) is 24.1 Å². The topological polar surface area (TPSA) is 105 Å². The van der Waals surface area contributed by atoms with Gasteiger partial charge in [-0.3, -0.25) is 13.9 Å². The number of carbonyl (C=O) groups is 2. The fraction of sp³-hybridized carbons (Fsp3) is 0.375. The minimum absolute atomic E-state index is 0.0126. The first-order valence-corrected chi connectivity index (χ1v) is 16.1. The van der Waals surface area contributed by atoms with Gasteiger partial charge in [-0.25, -0.2) is 8.42 Å². The van der Waals surface area contributed by atoms with Crippen molar-refractivity contribution in [2.24, 2.45) is 0 Å². The third-order valence-electron chi connectivity index (χ3n) is 7.62. The molecule has 0 radical (unpaired) electrons. The van der Waals surface area contributed by atoms with Crippen LogP contribution < -0.4 is 19.1 Å². The van der Waals surface area contributed by atoms with Crippen LogP contribution in [0.1, 0.15) is 44.6 Å². The van der Waals surface area contributed by atoms with Crippen molar-refractivity contribution in [3.05, 3.63) is 83.4 Å². The van der Waals surface area contributed by atoms with E-state index in [0.717, 1.165) is 35.6 Å². The Morgan fingerprint density at radius 2 is 1.60 bits per heavy atom. The Bertz CT molecular complexity index is 1490. The van der Waals surface area contributed by atoms with Gasteiger partial charge in [0.1, 0.15) is 24.1 Å². The zero-order valence-corrected chi connectivity index (χ0v) is 26.2.